The molecule has 0 aromatic heterocycles. The lowest BCUT2D eigenvalue weighted by Gasteiger charge is -2.23. The summed E-state index contributed by atoms with van der Waals surface area (Å²) in [6, 6.07) is 7.21. The predicted molar refractivity (Wildman–Crippen MR) is 103 cm³/mol. The maximum atomic E-state index is 13.3. The second-order valence-corrected chi connectivity index (χ2v) is 6.99. The number of nitrogens with one attached hydrogen (secondary N) is 2. The third kappa shape index (κ3) is 4.67. The second kappa shape index (κ2) is 8.10. The average Bonchev–Trinajstić information content (AvgIpc) is 2.67. The quantitative estimate of drug-likeness (QED) is 0.544. The Kier molecular flexibility index (Phi) is 5.76. The highest BCUT2D eigenvalue weighted by Gasteiger charge is 2.36. The van der Waals surface area contributed by atoms with E-state index >= 15 is 0 Å². The molecule has 3 rings (SSSR count). The van der Waals surface area contributed by atoms with Gasteiger partial charge in [-0.1, -0.05) is 12.1 Å². The van der Waals surface area contributed by atoms with Crippen molar-refractivity contribution in [3.8, 4) is 0 Å². The summed E-state index contributed by atoms with van der Waals surface area (Å²) in [6.07, 6.45) is -0.850. The summed E-state index contributed by atoms with van der Waals surface area (Å²) in [7, 11) is 0. The first-order chi connectivity index (χ1) is 13.7. The standard InChI is InChI=1S/C20H20F3N3O3/c1-12(24-17-8-4-6-13-5-2-3-7-15(13)17)19(27)25-18-10-9-14(26(28)29)11-16(18)20(21,22)23/h4,6,8-12,24H,2-3,5,7H2,1H3,(H,25,27). The van der Waals surface area contributed by atoms with Crippen LogP contribution in [0.15, 0.2) is 36.4 Å². The molecule has 0 radical (unpaired) electrons. The lowest BCUT2D eigenvalue weighted by molar-refractivity contribution is -0.385. The lowest BCUT2D eigenvalue weighted by atomic mass is 9.90. The molecular weight excluding hydrogens is 387 g/mol. The van der Waals surface area contributed by atoms with Crippen molar-refractivity contribution >= 4 is 23.0 Å². The smallest absolute Gasteiger partial charge is 0.374 e. The van der Waals surface area contributed by atoms with Crippen LogP contribution >= 0.6 is 0 Å². The van der Waals surface area contributed by atoms with Crippen molar-refractivity contribution in [3.63, 3.8) is 0 Å². The molecule has 0 saturated heterocycles. The molecule has 1 amide bonds. The van der Waals surface area contributed by atoms with Crippen LogP contribution in [0, 0.1) is 10.1 Å². The van der Waals surface area contributed by atoms with Crippen molar-refractivity contribution in [2.45, 2.75) is 44.8 Å². The monoisotopic (exact) mass is 407 g/mol. The zero-order valence-corrected chi connectivity index (χ0v) is 15.7. The van der Waals surface area contributed by atoms with Gasteiger partial charge in [0.1, 0.15) is 6.04 Å². The average molecular weight is 407 g/mol. The number of fused-ring (bicyclic) bond motifs is 1. The molecule has 0 aliphatic heterocycles. The molecule has 0 saturated carbocycles. The van der Waals surface area contributed by atoms with E-state index in [1.807, 2.05) is 18.2 Å². The van der Waals surface area contributed by atoms with Gasteiger partial charge in [-0.2, -0.15) is 13.2 Å². The number of rotatable bonds is 5. The molecule has 0 fully saturated rings. The predicted octanol–water partition coefficient (Wildman–Crippen LogP) is 4.93. The molecule has 6 nitrogen and oxygen atoms in total. The highest BCUT2D eigenvalue weighted by molar-refractivity contribution is 5.97. The molecule has 0 bridgehead atoms. The molecule has 2 N–H and O–H groups in total. The number of nitro groups is 1. The molecule has 2 aromatic carbocycles. The minimum atomic E-state index is -4.84. The van der Waals surface area contributed by atoms with Crippen LogP contribution in [-0.4, -0.2) is 16.9 Å². The number of carbonyl (C=O) groups is 1. The fraction of sp³-hybridized carbons (Fsp3) is 0.350. The minimum absolute atomic E-state index is 0.418. The summed E-state index contributed by atoms with van der Waals surface area (Å²) in [5, 5.41) is 16.1. The summed E-state index contributed by atoms with van der Waals surface area (Å²) in [4.78, 5) is 22.4. The van der Waals surface area contributed by atoms with Gasteiger partial charge in [0.05, 0.1) is 16.2 Å². The largest absolute Gasteiger partial charge is 0.418 e. The number of anilines is 2. The highest BCUT2D eigenvalue weighted by atomic mass is 19.4. The van der Waals surface area contributed by atoms with Gasteiger partial charge in [0.25, 0.3) is 5.69 Å². The van der Waals surface area contributed by atoms with Crippen LogP contribution in [0.4, 0.5) is 30.2 Å². The van der Waals surface area contributed by atoms with Gasteiger partial charge in [-0.3, -0.25) is 14.9 Å². The number of hydrogen-bond acceptors (Lipinski definition) is 4. The number of carbonyl (C=O) groups excluding carboxylic acids is 1. The molecule has 9 heteroatoms. The fourth-order valence-corrected chi connectivity index (χ4v) is 3.45. The Balaban J connectivity index is 1.79. The SMILES string of the molecule is CC(Nc1cccc2c1CCCC2)C(=O)Nc1ccc([N+](=O)[O-])cc1C(F)(F)F. The van der Waals surface area contributed by atoms with Gasteiger partial charge in [0.2, 0.25) is 5.91 Å². The van der Waals surface area contributed by atoms with Crippen molar-refractivity contribution in [1.29, 1.82) is 0 Å². The van der Waals surface area contributed by atoms with Gasteiger partial charge in [-0.25, -0.2) is 0 Å². The molecule has 1 unspecified atom stereocenters. The van der Waals surface area contributed by atoms with E-state index in [-0.39, 0.29) is 0 Å². The molecule has 1 atom stereocenters. The summed E-state index contributed by atoms with van der Waals surface area (Å²) in [5.74, 6) is -0.669. The number of amides is 1. The summed E-state index contributed by atoms with van der Waals surface area (Å²) >= 11 is 0. The number of aryl methyl sites for hydroxylation is 1. The Morgan fingerprint density at radius 2 is 1.86 bits per heavy atom. The number of nitro benzene ring substituents is 1. The molecule has 2 aromatic rings. The van der Waals surface area contributed by atoms with Crippen molar-refractivity contribution in [2.24, 2.45) is 0 Å². The normalized spacial score (nSPS) is 14.6. The van der Waals surface area contributed by atoms with Gasteiger partial charge in [-0.15, -0.1) is 0 Å². The van der Waals surface area contributed by atoms with E-state index in [0.29, 0.717) is 6.07 Å². The first-order valence-corrected chi connectivity index (χ1v) is 9.20. The van der Waals surface area contributed by atoms with Crippen LogP contribution in [-0.2, 0) is 23.8 Å². The first-order valence-electron chi connectivity index (χ1n) is 9.20. The van der Waals surface area contributed by atoms with E-state index in [9.17, 15) is 28.1 Å². The number of nitrogens with zero attached hydrogens (tertiary/aromatic N) is 1. The maximum Gasteiger partial charge on any atom is 0.418 e. The number of non-ortho nitro benzene ring substituents is 1. The van der Waals surface area contributed by atoms with Crippen molar-refractivity contribution < 1.29 is 22.9 Å². The third-order valence-corrected chi connectivity index (χ3v) is 4.94. The number of hydrogen-bond donors (Lipinski definition) is 2. The van der Waals surface area contributed by atoms with Gasteiger partial charge < -0.3 is 10.6 Å². The molecule has 1 aliphatic rings. The van der Waals surface area contributed by atoms with E-state index in [2.05, 4.69) is 10.6 Å². The van der Waals surface area contributed by atoms with E-state index < -0.39 is 40.0 Å². The molecule has 154 valence electrons. The van der Waals surface area contributed by atoms with Crippen molar-refractivity contribution in [3.05, 3.63) is 63.2 Å². The zero-order chi connectivity index (χ0) is 21.2. The Morgan fingerprint density at radius 3 is 2.55 bits per heavy atom. The van der Waals surface area contributed by atoms with E-state index in [4.69, 9.17) is 0 Å². The first kappa shape index (κ1) is 20.6. The van der Waals surface area contributed by atoms with Gasteiger partial charge in [-0.05, 0) is 55.9 Å². The summed E-state index contributed by atoms with van der Waals surface area (Å²) < 4.78 is 39.9. The Hall–Kier alpha value is -3.10. The minimum Gasteiger partial charge on any atom is -0.374 e. The molecular formula is C20H20F3N3O3. The summed E-state index contributed by atoms with van der Waals surface area (Å²) in [5.41, 5.74) is 0.663. The number of halogens is 3. The van der Waals surface area contributed by atoms with Crippen molar-refractivity contribution in [1.82, 2.24) is 0 Å². The second-order valence-electron chi connectivity index (χ2n) is 6.99. The van der Waals surface area contributed by atoms with Crippen LogP contribution < -0.4 is 10.6 Å². The lowest BCUT2D eigenvalue weighted by Crippen LogP contribution is -2.33. The fourth-order valence-electron chi connectivity index (χ4n) is 3.45. The number of alkyl halides is 3. The third-order valence-electron chi connectivity index (χ3n) is 4.94. The van der Waals surface area contributed by atoms with E-state index in [1.165, 1.54) is 5.56 Å². The van der Waals surface area contributed by atoms with Crippen LogP contribution in [0.2, 0.25) is 0 Å². The van der Waals surface area contributed by atoms with Crippen molar-refractivity contribution in [2.75, 3.05) is 10.6 Å². The maximum absolute atomic E-state index is 13.3. The van der Waals surface area contributed by atoms with E-state index in [0.717, 1.165) is 49.1 Å². The van der Waals surface area contributed by atoms with Crippen LogP contribution in [0.5, 0.6) is 0 Å². The Labute approximate surface area is 165 Å². The summed E-state index contributed by atoms with van der Waals surface area (Å²) in [6.45, 7) is 1.55. The Bertz CT molecular complexity index is 944. The Morgan fingerprint density at radius 1 is 1.14 bits per heavy atom. The van der Waals surface area contributed by atoms with E-state index in [1.54, 1.807) is 6.92 Å². The topological polar surface area (TPSA) is 84.3 Å². The van der Waals surface area contributed by atoms with Crippen LogP contribution in [0.25, 0.3) is 0 Å². The van der Waals surface area contributed by atoms with Gasteiger partial charge in [0, 0.05) is 17.8 Å². The van der Waals surface area contributed by atoms with Gasteiger partial charge >= 0.3 is 6.18 Å². The number of benzene rings is 2. The van der Waals surface area contributed by atoms with Gasteiger partial charge in [0.15, 0.2) is 0 Å². The van der Waals surface area contributed by atoms with Crippen LogP contribution in [0.1, 0.15) is 36.5 Å². The molecule has 0 heterocycles. The molecule has 1 aliphatic carbocycles. The molecule has 29 heavy (non-hydrogen) atoms. The van der Waals surface area contributed by atoms with Crippen LogP contribution in [0.3, 0.4) is 0 Å². The zero-order valence-electron chi connectivity index (χ0n) is 15.7. The molecule has 0 spiro atoms. The highest BCUT2D eigenvalue weighted by Crippen LogP contribution is 2.37.